The number of rotatable bonds is 2. The number of amides is 2. The van der Waals surface area contributed by atoms with Crippen LogP contribution in [-0.2, 0) is 0 Å². The molecule has 1 rings (SSSR count). The number of carbonyl (C=O) groups excluding carboxylic acids is 1. The normalized spacial score (nSPS) is 30.8. The van der Waals surface area contributed by atoms with Crippen molar-refractivity contribution in [3.8, 4) is 0 Å². The van der Waals surface area contributed by atoms with Crippen LogP contribution >= 0.6 is 0 Å². The third-order valence-corrected chi connectivity index (χ3v) is 3.87. The first-order valence-corrected chi connectivity index (χ1v) is 7.22. The predicted octanol–water partition coefficient (Wildman–Crippen LogP) is 3.18. The smallest absolute Gasteiger partial charge is 0.329 e. The Labute approximate surface area is 117 Å². The van der Waals surface area contributed by atoms with Gasteiger partial charge in [0.1, 0.15) is 0 Å². The molecule has 1 aliphatic rings. The second-order valence-corrected chi connectivity index (χ2v) is 8.61. The standard InChI is InChI=1S/C15H31N3O/c1-13(2,3)9-15(6)8-11(17-12(19)18-16)7-14(4,5)10-15/h11H,7-10,16H2,1-6H3,(H2,17,18,19). The first-order valence-electron chi connectivity index (χ1n) is 7.22. The second-order valence-electron chi connectivity index (χ2n) is 8.61. The molecule has 2 amide bonds. The van der Waals surface area contributed by atoms with E-state index in [0.717, 1.165) is 12.8 Å². The van der Waals surface area contributed by atoms with Gasteiger partial charge in [-0.2, -0.15) is 0 Å². The average Bonchev–Trinajstić information content (AvgIpc) is 2.09. The van der Waals surface area contributed by atoms with Crippen molar-refractivity contribution in [3.63, 3.8) is 0 Å². The van der Waals surface area contributed by atoms with E-state index in [9.17, 15) is 4.79 Å². The molecule has 0 bridgehead atoms. The molecule has 4 N–H and O–H groups in total. The topological polar surface area (TPSA) is 67.2 Å². The zero-order valence-electron chi connectivity index (χ0n) is 13.4. The summed E-state index contributed by atoms with van der Waals surface area (Å²) in [6, 6.07) is -0.0690. The van der Waals surface area contributed by atoms with Crippen LogP contribution in [0.5, 0.6) is 0 Å². The molecule has 2 unspecified atom stereocenters. The van der Waals surface area contributed by atoms with Crippen LogP contribution in [-0.4, -0.2) is 12.1 Å². The zero-order valence-corrected chi connectivity index (χ0v) is 13.4. The monoisotopic (exact) mass is 269 g/mol. The van der Waals surface area contributed by atoms with E-state index >= 15 is 0 Å². The summed E-state index contributed by atoms with van der Waals surface area (Å²) in [5, 5.41) is 2.99. The van der Waals surface area contributed by atoms with E-state index in [2.05, 4.69) is 52.3 Å². The molecule has 2 atom stereocenters. The Morgan fingerprint density at radius 3 is 2.32 bits per heavy atom. The number of nitrogens with one attached hydrogen (secondary N) is 2. The molecule has 0 aromatic carbocycles. The van der Waals surface area contributed by atoms with Gasteiger partial charge in [-0.3, -0.25) is 5.43 Å². The molecule has 0 heterocycles. The zero-order chi connectivity index (χ0) is 14.9. The lowest BCUT2D eigenvalue weighted by molar-refractivity contribution is 0.0405. The minimum absolute atomic E-state index is 0.208. The quantitative estimate of drug-likeness (QED) is 0.409. The molecule has 1 saturated carbocycles. The van der Waals surface area contributed by atoms with E-state index < -0.39 is 0 Å². The number of carbonyl (C=O) groups is 1. The predicted molar refractivity (Wildman–Crippen MR) is 79.5 cm³/mol. The van der Waals surface area contributed by atoms with Gasteiger partial charge in [0.15, 0.2) is 0 Å². The third-order valence-electron chi connectivity index (χ3n) is 3.87. The first-order chi connectivity index (χ1) is 8.45. The molecule has 0 spiro atoms. The molecule has 0 saturated heterocycles. The van der Waals surface area contributed by atoms with Crippen LogP contribution in [0.2, 0.25) is 0 Å². The average molecular weight is 269 g/mol. The van der Waals surface area contributed by atoms with Crippen LogP contribution in [0.3, 0.4) is 0 Å². The Kier molecular flexibility index (Phi) is 4.55. The van der Waals surface area contributed by atoms with Crippen LogP contribution in [0.15, 0.2) is 0 Å². The van der Waals surface area contributed by atoms with Crippen LogP contribution in [0.1, 0.15) is 67.2 Å². The highest BCUT2D eigenvalue weighted by Gasteiger charge is 2.43. The van der Waals surface area contributed by atoms with E-state index in [1.807, 2.05) is 0 Å². The Balaban J connectivity index is 2.81. The van der Waals surface area contributed by atoms with Crippen LogP contribution in [0.25, 0.3) is 0 Å². The molecule has 0 aromatic rings. The van der Waals surface area contributed by atoms with Crippen molar-refractivity contribution >= 4 is 6.03 Å². The summed E-state index contributed by atoms with van der Waals surface area (Å²) in [7, 11) is 0. The minimum Gasteiger partial charge on any atom is -0.334 e. The molecule has 4 nitrogen and oxygen atoms in total. The van der Waals surface area contributed by atoms with Crippen molar-refractivity contribution < 1.29 is 4.79 Å². The molecule has 1 fully saturated rings. The Morgan fingerprint density at radius 2 is 1.84 bits per heavy atom. The van der Waals surface area contributed by atoms with E-state index in [-0.39, 0.29) is 22.9 Å². The summed E-state index contributed by atoms with van der Waals surface area (Å²) in [6.45, 7) is 13.8. The van der Waals surface area contributed by atoms with E-state index in [1.54, 1.807) is 0 Å². The number of urea groups is 1. The molecule has 0 radical (unpaired) electrons. The maximum atomic E-state index is 11.4. The van der Waals surface area contributed by atoms with Crippen molar-refractivity contribution in [1.29, 1.82) is 0 Å². The molecule has 19 heavy (non-hydrogen) atoms. The van der Waals surface area contributed by atoms with Crippen LogP contribution in [0, 0.1) is 16.2 Å². The number of hydrogen-bond acceptors (Lipinski definition) is 2. The van der Waals surface area contributed by atoms with Gasteiger partial charge in [0, 0.05) is 6.04 Å². The molecule has 4 heteroatoms. The second kappa shape index (κ2) is 5.31. The third kappa shape index (κ3) is 5.39. The number of hydrazine groups is 1. The van der Waals surface area contributed by atoms with Gasteiger partial charge in [0.2, 0.25) is 0 Å². The Morgan fingerprint density at radius 1 is 1.26 bits per heavy atom. The van der Waals surface area contributed by atoms with Crippen LogP contribution in [0.4, 0.5) is 4.79 Å². The summed E-state index contributed by atoms with van der Waals surface area (Å²) < 4.78 is 0. The molecule has 1 aliphatic carbocycles. The van der Waals surface area contributed by atoms with Crippen molar-refractivity contribution in [2.45, 2.75) is 73.3 Å². The Bertz CT molecular complexity index is 329. The Hall–Kier alpha value is -0.770. The van der Waals surface area contributed by atoms with Crippen molar-refractivity contribution in [1.82, 2.24) is 10.7 Å². The molecule has 0 aliphatic heterocycles. The highest BCUT2D eigenvalue weighted by molar-refractivity contribution is 5.73. The van der Waals surface area contributed by atoms with Gasteiger partial charge in [-0.05, 0) is 41.9 Å². The number of nitrogens with two attached hydrogens (primary N) is 1. The summed E-state index contributed by atoms with van der Waals surface area (Å²) in [5.41, 5.74) is 3.00. The van der Waals surface area contributed by atoms with Gasteiger partial charge in [-0.1, -0.05) is 41.5 Å². The molecular weight excluding hydrogens is 238 g/mol. The lowest BCUT2D eigenvalue weighted by Gasteiger charge is -2.49. The van der Waals surface area contributed by atoms with Gasteiger partial charge in [-0.15, -0.1) is 0 Å². The molecule has 112 valence electrons. The largest absolute Gasteiger partial charge is 0.334 e. The summed E-state index contributed by atoms with van der Waals surface area (Å²) in [6.07, 6.45) is 4.42. The lowest BCUT2D eigenvalue weighted by atomic mass is 9.58. The fraction of sp³-hybridized carbons (Fsp3) is 0.933. The van der Waals surface area contributed by atoms with E-state index in [4.69, 9.17) is 5.84 Å². The van der Waals surface area contributed by atoms with Gasteiger partial charge in [0.05, 0.1) is 0 Å². The van der Waals surface area contributed by atoms with E-state index in [1.165, 1.54) is 12.8 Å². The highest BCUT2D eigenvalue weighted by atomic mass is 16.2. The van der Waals surface area contributed by atoms with Gasteiger partial charge < -0.3 is 5.32 Å². The molecule has 0 aromatic heterocycles. The minimum atomic E-state index is -0.277. The maximum absolute atomic E-state index is 11.4. The maximum Gasteiger partial charge on any atom is 0.329 e. The van der Waals surface area contributed by atoms with Gasteiger partial charge in [0.25, 0.3) is 0 Å². The lowest BCUT2D eigenvalue weighted by Crippen LogP contribution is -2.51. The summed E-state index contributed by atoms with van der Waals surface area (Å²) >= 11 is 0. The fourth-order valence-corrected chi connectivity index (χ4v) is 4.38. The SMILES string of the molecule is CC(C)(C)CC1(C)CC(NC(=O)NN)CC(C)(C)C1. The van der Waals surface area contributed by atoms with Gasteiger partial charge in [-0.25, -0.2) is 10.6 Å². The molecular formula is C15H31N3O. The van der Waals surface area contributed by atoms with Crippen LogP contribution < -0.4 is 16.6 Å². The fourth-order valence-electron chi connectivity index (χ4n) is 4.38. The summed E-state index contributed by atoms with van der Waals surface area (Å²) in [5.74, 6) is 5.16. The van der Waals surface area contributed by atoms with Crippen molar-refractivity contribution in [2.24, 2.45) is 22.1 Å². The van der Waals surface area contributed by atoms with Crippen molar-refractivity contribution in [2.75, 3.05) is 0 Å². The van der Waals surface area contributed by atoms with Crippen molar-refractivity contribution in [3.05, 3.63) is 0 Å². The van der Waals surface area contributed by atoms with Gasteiger partial charge >= 0.3 is 6.03 Å². The number of hydrogen-bond donors (Lipinski definition) is 3. The first kappa shape index (κ1) is 16.3. The van der Waals surface area contributed by atoms with E-state index in [0.29, 0.717) is 5.41 Å². The highest BCUT2D eigenvalue weighted by Crippen LogP contribution is 2.50. The summed E-state index contributed by atoms with van der Waals surface area (Å²) in [4.78, 5) is 11.4.